The smallest absolute Gasteiger partial charge is 0.157 e. The number of rotatable bonds is 2. The first-order chi connectivity index (χ1) is 8.04. The van der Waals surface area contributed by atoms with Crippen molar-refractivity contribution in [2.75, 3.05) is 6.54 Å². The molecule has 0 aromatic heterocycles. The van der Waals surface area contributed by atoms with E-state index in [1.165, 1.54) is 24.4 Å². The van der Waals surface area contributed by atoms with Gasteiger partial charge < -0.3 is 5.32 Å². The lowest BCUT2D eigenvalue weighted by atomic mass is 9.80. The second-order valence-electron chi connectivity index (χ2n) is 6.30. The van der Waals surface area contributed by atoms with Crippen LogP contribution < -0.4 is 5.32 Å². The summed E-state index contributed by atoms with van der Waals surface area (Å²) in [4.78, 5) is 4.65. The van der Waals surface area contributed by atoms with Crippen LogP contribution in [0.2, 0.25) is 0 Å². The number of nitrogens with zero attached hydrogens (tertiary/aromatic N) is 1. The van der Waals surface area contributed by atoms with Crippen LogP contribution in [0, 0.1) is 17.8 Å². The molecule has 3 atom stereocenters. The molecular formula is C14H26N2S. The van der Waals surface area contributed by atoms with Crippen LogP contribution in [-0.2, 0) is 0 Å². The second kappa shape index (κ2) is 5.64. The van der Waals surface area contributed by atoms with Crippen LogP contribution in [0.4, 0.5) is 0 Å². The third-order valence-corrected chi connectivity index (χ3v) is 5.39. The van der Waals surface area contributed by atoms with Crippen molar-refractivity contribution in [2.24, 2.45) is 22.7 Å². The van der Waals surface area contributed by atoms with Gasteiger partial charge in [0, 0.05) is 11.3 Å². The number of hydrogen-bond acceptors (Lipinski definition) is 3. The molecule has 0 bridgehead atoms. The molecule has 2 nitrogen and oxygen atoms in total. The third-order valence-electron chi connectivity index (χ3n) is 3.93. The first-order valence-electron chi connectivity index (χ1n) is 7.02. The van der Waals surface area contributed by atoms with Gasteiger partial charge in [-0.05, 0) is 37.0 Å². The quantitative estimate of drug-likeness (QED) is 0.815. The van der Waals surface area contributed by atoms with Crippen molar-refractivity contribution in [3.05, 3.63) is 0 Å². The van der Waals surface area contributed by atoms with Gasteiger partial charge in [0.15, 0.2) is 5.17 Å². The fourth-order valence-electron chi connectivity index (χ4n) is 3.06. The summed E-state index contributed by atoms with van der Waals surface area (Å²) < 4.78 is 0. The molecule has 1 saturated carbocycles. The number of nitrogens with one attached hydrogen (secondary N) is 1. The van der Waals surface area contributed by atoms with E-state index in [1.54, 1.807) is 0 Å². The van der Waals surface area contributed by atoms with Crippen LogP contribution in [0.25, 0.3) is 0 Å². The van der Waals surface area contributed by atoms with Crippen molar-refractivity contribution < 1.29 is 0 Å². The third kappa shape index (κ3) is 3.64. The lowest BCUT2D eigenvalue weighted by Gasteiger charge is -2.32. The van der Waals surface area contributed by atoms with Gasteiger partial charge in [-0.1, -0.05) is 39.5 Å². The maximum absolute atomic E-state index is 4.65. The van der Waals surface area contributed by atoms with Gasteiger partial charge in [-0.3, -0.25) is 4.99 Å². The summed E-state index contributed by atoms with van der Waals surface area (Å²) in [6.45, 7) is 10.3. The topological polar surface area (TPSA) is 24.4 Å². The molecule has 2 rings (SSSR count). The Hall–Kier alpha value is -0.180. The molecule has 0 amide bonds. The minimum Gasteiger partial charge on any atom is -0.362 e. The summed E-state index contributed by atoms with van der Waals surface area (Å²) in [5, 5.41) is 5.57. The predicted octanol–water partition coefficient (Wildman–Crippen LogP) is 3.53. The molecule has 0 aromatic carbocycles. The van der Waals surface area contributed by atoms with E-state index in [4.69, 9.17) is 0 Å². The molecule has 1 aliphatic carbocycles. The summed E-state index contributed by atoms with van der Waals surface area (Å²) >= 11 is 1.95. The molecule has 3 heteroatoms. The molecule has 98 valence electrons. The maximum Gasteiger partial charge on any atom is 0.157 e. The van der Waals surface area contributed by atoms with E-state index in [0.717, 1.165) is 24.3 Å². The molecular weight excluding hydrogens is 228 g/mol. The van der Waals surface area contributed by atoms with Crippen LogP contribution >= 0.6 is 11.8 Å². The predicted molar refractivity (Wildman–Crippen MR) is 77.6 cm³/mol. The largest absolute Gasteiger partial charge is 0.362 e. The Morgan fingerprint density at radius 3 is 2.35 bits per heavy atom. The van der Waals surface area contributed by atoms with Crippen molar-refractivity contribution in [1.29, 1.82) is 0 Å². The molecule has 1 aliphatic heterocycles. The molecule has 1 fully saturated rings. The minimum atomic E-state index is 0.658. The highest BCUT2D eigenvalue weighted by Crippen LogP contribution is 2.31. The van der Waals surface area contributed by atoms with Crippen molar-refractivity contribution in [3.63, 3.8) is 0 Å². The highest BCUT2D eigenvalue weighted by atomic mass is 32.2. The van der Waals surface area contributed by atoms with E-state index in [2.05, 4.69) is 38.0 Å². The van der Waals surface area contributed by atoms with Gasteiger partial charge in [0.1, 0.15) is 0 Å². The Labute approximate surface area is 110 Å². The molecule has 0 spiro atoms. The van der Waals surface area contributed by atoms with Crippen molar-refractivity contribution in [3.8, 4) is 0 Å². The zero-order chi connectivity index (χ0) is 12.4. The Balaban J connectivity index is 1.82. The van der Waals surface area contributed by atoms with E-state index in [0.29, 0.717) is 11.3 Å². The van der Waals surface area contributed by atoms with Gasteiger partial charge in [0.2, 0.25) is 0 Å². The number of amidine groups is 1. The van der Waals surface area contributed by atoms with Crippen LogP contribution in [0.15, 0.2) is 4.99 Å². The lowest BCUT2D eigenvalue weighted by molar-refractivity contribution is 0.257. The SMILES string of the molecule is CC1CC(C)CC(NC2=NCC(C(C)C)S2)C1. The van der Waals surface area contributed by atoms with Crippen LogP contribution in [0.5, 0.6) is 0 Å². The van der Waals surface area contributed by atoms with E-state index in [-0.39, 0.29) is 0 Å². The normalized spacial score (nSPS) is 38.3. The van der Waals surface area contributed by atoms with Gasteiger partial charge in [-0.2, -0.15) is 0 Å². The van der Waals surface area contributed by atoms with Gasteiger partial charge in [0.05, 0.1) is 6.54 Å². The number of aliphatic imine (C=N–C) groups is 1. The zero-order valence-electron chi connectivity index (χ0n) is 11.6. The number of hydrogen-bond donors (Lipinski definition) is 1. The summed E-state index contributed by atoms with van der Waals surface area (Å²) in [6, 6.07) is 0.658. The highest BCUT2D eigenvalue weighted by molar-refractivity contribution is 8.14. The molecule has 1 heterocycles. The Morgan fingerprint density at radius 1 is 1.18 bits per heavy atom. The summed E-state index contributed by atoms with van der Waals surface area (Å²) in [5.41, 5.74) is 0. The summed E-state index contributed by atoms with van der Waals surface area (Å²) in [7, 11) is 0. The van der Waals surface area contributed by atoms with E-state index in [9.17, 15) is 0 Å². The average Bonchev–Trinajstić information content (AvgIpc) is 2.64. The van der Waals surface area contributed by atoms with Crippen LogP contribution in [0.1, 0.15) is 47.0 Å². The molecule has 2 aliphatic rings. The molecule has 17 heavy (non-hydrogen) atoms. The molecule has 1 N–H and O–H groups in total. The van der Waals surface area contributed by atoms with E-state index in [1.807, 2.05) is 11.8 Å². The molecule has 0 aromatic rings. The Kier molecular flexibility index (Phi) is 4.40. The Morgan fingerprint density at radius 2 is 1.82 bits per heavy atom. The number of thioether (sulfide) groups is 1. The van der Waals surface area contributed by atoms with Gasteiger partial charge >= 0.3 is 0 Å². The summed E-state index contributed by atoms with van der Waals surface area (Å²) in [6.07, 6.45) is 4.03. The second-order valence-corrected chi connectivity index (χ2v) is 7.53. The fraction of sp³-hybridized carbons (Fsp3) is 0.929. The zero-order valence-corrected chi connectivity index (χ0v) is 12.4. The average molecular weight is 254 g/mol. The van der Waals surface area contributed by atoms with Crippen molar-refractivity contribution >= 4 is 16.9 Å². The van der Waals surface area contributed by atoms with E-state index >= 15 is 0 Å². The first-order valence-corrected chi connectivity index (χ1v) is 7.90. The fourth-order valence-corrected chi connectivity index (χ4v) is 4.15. The van der Waals surface area contributed by atoms with E-state index < -0.39 is 0 Å². The van der Waals surface area contributed by atoms with Gasteiger partial charge in [0.25, 0.3) is 0 Å². The molecule has 3 unspecified atom stereocenters. The van der Waals surface area contributed by atoms with Crippen molar-refractivity contribution in [2.45, 2.75) is 58.2 Å². The summed E-state index contributed by atoms with van der Waals surface area (Å²) in [5.74, 6) is 2.46. The molecule has 0 radical (unpaired) electrons. The molecule has 0 saturated heterocycles. The van der Waals surface area contributed by atoms with Gasteiger partial charge in [-0.15, -0.1) is 0 Å². The standard InChI is InChI=1S/C14H26N2S/c1-9(2)13-8-15-14(17-13)16-12-6-10(3)5-11(4)7-12/h9-13H,5-8H2,1-4H3,(H,15,16). The van der Waals surface area contributed by atoms with Gasteiger partial charge in [-0.25, -0.2) is 0 Å². The van der Waals surface area contributed by atoms with Crippen LogP contribution in [0.3, 0.4) is 0 Å². The van der Waals surface area contributed by atoms with Crippen LogP contribution in [-0.4, -0.2) is 23.0 Å². The maximum atomic E-state index is 4.65. The first kappa shape index (κ1) is 13.3. The monoisotopic (exact) mass is 254 g/mol. The Bertz CT molecular complexity index is 278. The lowest BCUT2D eigenvalue weighted by Crippen LogP contribution is -2.38. The van der Waals surface area contributed by atoms with Crippen molar-refractivity contribution in [1.82, 2.24) is 5.32 Å². The highest BCUT2D eigenvalue weighted by Gasteiger charge is 2.28. The minimum absolute atomic E-state index is 0.658.